The fraction of sp³-hybridized carbons (Fsp3) is 0.0667. The van der Waals surface area contributed by atoms with Gasteiger partial charge in [0.1, 0.15) is 5.75 Å². The van der Waals surface area contributed by atoms with E-state index in [-0.39, 0.29) is 11.7 Å². The summed E-state index contributed by atoms with van der Waals surface area (Å²) in [4.78, 5) is 11.9. The lowest BCUT2D eigenvalue weighted by Gasteiger charge is -2.04. The van der Waals surface area contributed by atoms with Crippen molar-refractivity contribution in [3.05, 3.63) is 65.7 Å². The Balaban J connectivity index is 2.04. The van der Waals surface area contributed by atoms with Crippen molar-refractivity contribution in [2.45, 2.75) is 0 Å². The van der Waals surface area contributed by atoms with Gasteiger partial charge in [0.15, 0.2) is 5.84 Å². The number of hydrazone groups is 1. The van der Waals surface area contributed by atoms with Gasteiger partial charge in [0.2, 0.25) is 0 Å². The van der Waals surface area contributed by atoms with E-state index in [1.807, 2.05) is 30.3 Å². The molecule has 102 valence electrons. The highest BCUT2D eigenvalue weighted by Gasteiger charge is 2.05. The third-order valence-corrected chi connectivity index (χ3v) is 2.70. The third kappa shape index (κ3) is 3.35. The summed E-state index contributed by atoms with van der Waals surface area (Å²) in [7, 11) is 1.57. The Morgan fingerprint density at radius 3 is 2.30 bits per heavy atom. The summed E-state index contributed by atoms with van der Waals surface area (Å²) < 4.78 is 5.03. The highest BCUT2D eigenvalue weighted by Crippen LogP contribution is 2.11. The van der Waals surface area contributed by atoms with Crippen molar-refractivity contribution in [1.82, 2.24) is 5.43 Å². The first-order chi connectivity index (χ1) is 9.70. The summed E-state index contributed by atoms with van der Waals surface area (Å²) in [6.07, 6.45) is 0. The molecule has 0 unspecified atom stereocenters. The number of rotatable bonds is 4. The van der Waals surface area contributed by atoms with E-state index in [1.165, 1.54) is 0 Å². The molecule has 0 aliphatic heterocycles. The normalized spacial score (nSPS) is 10.9. The van der Waals surface area contributed by atoms with Crippen LogP contribution in [-0.2, 0) is 0 Å². The second-order valence-corrected chi connectivity index (χ2v) is 4.03. The van der Waals surface area contributed by atoms with Gasteiger partial charge in [-0.15, -0.1) is 0 Å². The SMILES string of the molecule is COc1ccc(C(=O)NN=C(N)c2ccccc2)cc1. The molecule has 0 fully saturated rings. The van der Waals surface area contributed by atoms with E-state index in [1.54, 1.807) is 31.4 Å². The molecule has 0 saturated heterocycles. The van der Waals surface area contributed by atoms with Crippen LogP contribution in [0.4, 0.5) is 0 Å². The minimum Gasteiger partial charge on any atom is -0.497 e. The maximum absolute atomic E-state index is 11.9. The Bertz CT molecular complexity index is 607. The van der Waals surface area contributed by atoms with Crippen LogP contribution in [0.3, 0.4) is 0 Å². The van der Waals surface area contributed by atoms with Crippen molar-refractivity contribution in [2.75, 3.05) is 7.11 Å². The van der Waals surface area contributed by atoms with E-state index in [0.29, 0.717) is 11.3 Å². The Hall–Kier alpha value is -2.82. The van der Waals surface area contributed by atoms with Gasteiger partial charge in [-0.25, -0.2) is 5.43 Å². The monoisotopic (exact) mass is 269 g/mol. The van der Waals surface area contributed by atoms with Gasteiger partial charge in [-0.05, 0) is 24.3 Å². The number of nitrogens with one attached hydrogen (secondary N) is 1. The Morgan fingerprint density at radius 1 is 1.05 bits per heavy atom. The molecule has 0 aliphatic carbocycles. The Morgan fingerprint density at radius 2 is 1.70 bits per heavy atom. The van der Waals surface area contributed by atoms with Gasteiger partial charge >= 0.3 is 0 Å². The predicted octanol–water partition coefficient (Wildman–Crippen LogP) is 1.75. The molecule has 0 bridgehead atoms. The number of hydrogen-bond donors (Lipinski definition) is 2. The number of hydrogen-bond acceptors (Lipinski definition) is 3. The molecular formula is C15H15N3O2. The number of carbonyl (C=O) groups is 1. The van der Waals surface area contributed by atoms with Crippen LogP contribution in [0.1, 0.15) is 15.9 Å². The number of nitrogens with zero attached hydrogens (tertiary/aromatic N) is 1. The highest BCUT2D eigenvalue weighted by atomic mass is 16.5. The van der Waals surface area contributed by atoms with E-state index < -0.39 is 0 Å². The van der Waals surface area contributed by atoms with Gasteiger partial charge < -0.3 is 10.5 Å². The minimum atomic E-state index is -0.327. The number of nitrogens with two attached hydrogens (primary N) is 1. The van der Waals surface area contributed by atoms with Crippen LogP contribution in [0, 0.1) is 0 Å². The standard InChI is InChI=1S/C15H15N3O2/c1-20-13-9-7-12(8-10-13)15(19)18-17-14(16)11-5-3-2-4-6-11/h2-10H,1H3,(H2,16,17)(H,18,19). The maximum atomic E-state index is 11.9. The van der Waals surface area contributed by atoms with E-state index in [0.717, 1.165) is 5.56 Å². The van der Waals surface area contributed by atoms with E-state index in [9.17, 15) is 4.79 Å². The largest absolute Gasteiger partial charge is 0.497 e. The topological polar surface area (TPSA) is 76.7 Å². The Kier molecular flexibility index (Phi) is 4.34. The van der Waals surface area contributed by atoms with Gasteiger partial charge in [0, 0.05) is 11.1 Å². The molecular weight excluding hydrogens is 254 g/mol. The number of amidine groups is 1. The fourth-order valence-electron chi connectivity index (χ4n) is 1.59. The summed E-state index contributed by atoms with van der Waals surface area (Å²) in [5.74, 6) is 0.618. The summed E-state index contributed by atoms with van der Waals surface area (Å²) >= 11 is 0. The highest BCUT2D eigenvalue weighted by molar-refractivity contribution is 5.99. The van der Waals surface area contributed by atoms with Crippen LogP contribution in [0.15, 0.2) is 59.7 Å². The molecule has 5 nitrogen and oxygen atoms in total. The molecule has 0 atom stereocenters. The number of amides is 1. The van der Waals surface area contributed by atoms with Crippen molar-refractivity contribution in [1.29, 1.82) is 0 Å². The van der Waals surface area contributed by atoms with Crippen LogP contribution in [-0.4, -0.2) is 18.9 Å². The zero-order chi connectivity index (χ0) is 14.4. The zero-order valence-corrected chi connectivity index (χ0v) is 11.0. The van der Waals surface area contributed by atoms with Crippen LogP contribution in [0.2, 0.25) is 0 Å². The van der Waals surface area contributed by atoms with Gasteiger partial charge in [-0.3, -0.25) is 4.79 Å². The second-order valence-electron chi connectivity index (χ2n) is 4.03. The zero-order valence-electron chi connectivity index (χ0n) is 11.0. The van der Waals surface area contributed by atoms with Crippen LogP contribution in [0.5, 0.6) is 5.75 Å². The average Bonchev–Trinajstić information content (AvgIpc) is 2.53. The van der Waals surface area contributed by atoms with Crippen molar-refractivity contribution in [3.63, 3.8) is 0 Å². The first kappa shape index (κ1) is 13.6. The van der Waals surface area contributed by atoms with Gasteiger partial charge in [0.25, 0.3) is 5.91 Å². The summed E-state index contributed by atoms with van der Waals surface area (Å²) in [6.45, 7) is 0. The smallest absolute Gasteiger partial charge is 0.271 e. The molecule has 0 radical (unpaired) electrons. The van der Waals surface area contributed by atoms with Crippen LogP contribution in [0.25, 0.3) is 0 Å². The molecule has 20 heavy (non-hydrogen) atoms. The molecule has 0 heterocycles. The minimum absolute atomic E-state index is 0.257. The first-order valence-corrected chi connectivity index (χ1v) is 6.03. The molecule has 2 aromatic carbocycles. The molecule has 2 rings (SSSR count). The lowest BCUT2D eigenvalue weighted by Crippen LogP contribution is -2.23. The van der Waals surface area contributed by atoms with Gasteiger partial charge in [-0.2, -0.15) is 5.10 Å². The van der Waals surface area contributed by atoms with Crippen molar-refractivity contribution in [3.8, 4) is 5.75 Å². The van der Waals surface area contributed by atoms with E-state index >= 15 is 0 Å². The fourth-order valence-corrected chi connectivity index (χ4v) is 1.59. The quantitative estimate of drug-likeness (QED) is 0.504. The Labute approximate surface area is 117 Å². The van der Waals surface area contributed by atoms with Crippen LogP contribution >= 0.6 is 0 Å². The molecule has 0 saturated carbocycles. The summed E-state index contributed by atoms with van der Waals surface area (Å²) in [6, 6.07) is 15.9. The third-order valence-electron chi connectivity index (χ3n) is 2.70. The number of methoxy groups -OCH3 is 1. The molecule has 3 N–H and O–H groups in total. The predicted molar refractivity (Wildman–Crippen MR) is 77.6 cm³/mol. The van der Waals surface area contributed by atoms with E-state index in [2.05, 4.69) is 10.5 Å². The average molecular weight is 269 g/mol. The van der Waals surface area contributed by atoms with Crippen molar-refractivity contribution in [2.24, 2.45) is 10.8 Å². The van der Waals surface area contributed by atoms with E-state index in [4.69, 9.17) is 10.5 Å². The van der Waals surface area contributed by atoms with Crippen molar-refractivity contribution >= 4 is 11.7 Å². The molecule has 0 aromatic heterocycles. The van der Waals surface area contributed by atoms with Crippen molar-refractivity contribution < 1.29 is 9.53 Å². The summed E-state index contributed by atoms with van der Waals surface area (Å²) in [5.41, 5.74) is 9.43. The molecule has 2 aromatic rings. The summed E-state index contributed by atoms with van der Waals surface area (Å²) in [5, 5.41) is 3.88. The number of benzene rings is 2. The van der Waals surface area contributed by atoms with Gasteiger partial charge in [0.05, 0.1) is 7.11 Å². The molecule has 1 amide bonds. The number of ether oxygens (including phenoxy) is 1. The molecule has 0 spiro atoms. The molecule has 0 aliphatic rings. The second kappa shape index (κ2) is 6.38. The van der Waals surface area contributed by atoms with Crippen LogP contribution < -0.4 is 15.9 Å². The number of carbonyl (C=O) groups excluding carboxylic acids is 1. The maximum Gasteiger partial charge on any atom is 0.271 e. The molecule has 5 heteroatoms. The lowest BCUT2D eigenvalue weighted by atomic mass is 10.2. The first-order valence-electron chi connectivity index (χ1n) is 6.03. The lowest BCUT2D eigenvalue weighted by molar-refractivity contribution is 0.0955. The van der Waals surface area contributed by atoms with Gasteiger partial charge in [-0.1, -0.05) is 30.3 Å².